The summed E-state index contributed by atoms with van der Waals surface area (Å²) in [4.78, 5) is 13.8. The van der Waals surface area contributed by atoms with Crippen molar-refractivity contribution in [2.45, 2.75) is 39.2 Å². The van der Waals surface area contributed by atoms with Crippen LogP contribution in [-0.2, 0) is 23.5 Å². The average Bonchev–Trinajstić information content (AvgIpc) is 2.95. The molecular formula is C23H25ClN2O4S. The Morgan fingerprint density at radius 2 is 1.71 bits per heavy atom. The normalized spacial score (nSPS) is 11.6. The van der Waals surface area contributed by atoms with Gasteiger partial charge in [-0.3, -0.25) is 4.79 Å². The third-order valence-corrected chi connectivity index (χ3v) is 6.95. The molecule has 0 fully saturated rings. The zero-order chi connectivity index (χ0) is 23.1. The number of sulfone groups is 1. The van der Waals surface area contributed by atoms with Crippen LogP contribution in [0.2, 0.25) is 5.02 Å². The van der Waals surface area contributed by atoms with E-state index in [9.17, 15) is 13.2 Å². The number of rotatable bonds is 6. The first-order chi connectivity index (χ1) is 14.4. The van der Waals surface area contributed by atoms with Crippen molar-refractivity contribution in [3.63, 3.8) is 0 Å². The first kappa shape index (κ1) is 23.0. The Labute approximate surface area is 187 Å². The lowest BCUT2D eigenvalue weighted by atomic mass is 9.94. The number of ketones is 1. The van der Waals surface area contributed by atoms with Crippen molar-refractivity contribution < 1.29 is 17.9 Å². The number of benzene rings is 2. The highest BCUT2D eigenvalue weighted by molar-refractivity contribution is 7.90. The Morgan fingerprint density at radius 3 is 2.29 bits per heavy atom. The van der Waals surface area contributed by atoms with Crippen molar-refractivity contribution in [1.29, 1.82) is 0 Å². The van der Waals surface area contributed by atoms with Crippen molar-refractivity contribution in [3.8, 4) is 5.88 Å². The standard InChI is InChI=1S/C23H25ClN2O4S/c1-13-11-19(14(2)15(3)22(13)31(6,28)29)21(27)20-16(4)25-26(5)23(20)30-12-17-7-9-18(24)10-8-17/h7-11H,12H2,1-6H3. The number of carbonyl (C=O) groups excluding carboxylic acids is 1. The van der Waals surface area contributed by atoms with E-state index in [1.807, 2.05) is 12.1 Å². The summed E-state index contributed by atoms with van der Waals surface area (Å²) in [5, 5.41) is 5.00. The number of halogens is 1. The maximum absolute atomic E-state index is 13.5. The fourth-order valence-corrected chi connectivity index (χ4v) is 5.27. The maximum atomic E-state index is 13.5. The van der Waals surface area contributed by atoms with Gasteiger partial charge in [-0.1, -0.05) is 23.7 Å². The molecule has 0 bridgehead atoms. The lowest BCUT2D eigenvalue weighted by Crippen LogP contribution is -2.12. The van der Waals surface area contributed by atoms with Gasteiger partial charge in [0.15, 0.2) is 9.84 Å². The number of aryl methyl sites for hydroxylation is 3. The predicted molar refractivity (Wildman–Crippen MR) is 121 cm³/mol. The molecule has 0 saturated heterocycles. The van der Waals surface area contributed by atoms with Gasteiger partial charge in [-0.25, -0.2) is 13.1 Å². The highest BCUT2D eigenvalue weighted by Crippen LogP contribution is 2.31. The molecule has 0 unspecified atom stereocenters. The Balaban J connectivity index is 2.04. The molecule has 6 nitrogen and oxygen atoms in total. The smallest absolute Gasteiger partial charge is 0.223 e. The minimum atomic E-state index is -3.41. The third-order valence-electron chi connectivity index (χ3n) is 5.33. The van der Waals surface area contributed by atoms with Crippen molar-refractivity contribution >= 4 is 27.2 Å². The van der Waals surface area contributed by atoms with Crippen LogP contribution in [0.25, 0.3) is 0 Å². The lowest BCUT2D eigenvalue weighted by molar-refractivity contribution is 0.103. The van der Waals surface area contributed by atoms with Crippen LogP contribution in [0.3, 0.4) is 0 Å². The Morgan fingerprint density at radius 1 is 1.10 bits per heavy atom. The van der Waals surface area contributed by atoms with E-state index in [0.29, 0.717) is 44.4 Å². The molecular weight excluding hydrogens is 436 g/mol. The number of hydrogen-bond donors (Lipinski definition) is 0. The van der Waals surface area contributed by atoms with Crippen molar-refractivity contribution in [2.75, 3.05) is 6.26 Å². The summed E-state index contributed by atoms with van der Waals surface area (Å²) in [5.74, 6) is 0.111. The first-order valence-electron chi connectivity index (χ1n) is 9.68. The molecule has 3 rings (SSSR count). The third kappa shape index (κ3) is 4.52. The van der Waals surface area contributed by atoms with Gasteiger partial charge in [-0.15, -0.1) is 0 Å². The Hall–Kier alpha value is -2.64. The van der Waals surface area contributed by atoms with Crippen LogP contribution >= 0.6 is 11.6 Å². The van der Waals surface area contributed by atoms with Crippen molar-refractivity contribution in [2.24, 2.45) is 7.05 Å². The van der Waals surface area contributed by atoms with E-state index in [1.54, 1.807) is 57.6 Å². The lowest BCUT2D eigenvalue weighted by Gasteiger charge is -2.15. The van der Waals surface area contributed by atoms with Gasteiger partial charge in [0.2, 0.25) is 11.7 Å². The van der Waals surface area contributed by atoms with E-state index in [0.717, 1.165) is 5.56 Å². The predicted octanol–water partition coefficient (Wildman–Crippen LogP) is 4.52. The van der Waals surface area contributed by atoms with Crippen LogP contribution in [-0.4, -0.2) is 30.2 Å². The van der Waals surface area contributed by atoms with Gasteiger partial charge in [0.05, 0.1) is 10.6 Å². The fourth-order valence-electron chi connectivity index (χ4n) is 3.80. The van der Waals surface area contributed by atoms with Gasteiger partial charge in [0, 0.05) is 23.9 Å². The molecule has 0 N–H and O–H groups in total. The Bertz CT molecular complexity index is 1280. The van der Waals surface area contributed by atoms with Gasteiger partial charge in [0.25, 0.3) is 0 Å². The molecule has 0 aliphatic heterocycles. The van der Waals surface area contributed by atoms with E-state index < -0.39 is 9.84 Å². The van der Waals surface area contributed by atoms with Gasteiger partial charge < -0.3 is 4.74 Å². The highest BCUT2D eigenvalue weighted by atomic mass is 35.5. The summed E-state index contributed by atoms with van der Waals surface area (Å²) < 4.78 is 31.9. The Kier molecular flexibility index (Phi) is 6.30. The molecule has 164 valence electrons. The number of carbonyl (C=O) groups is 1. The fraction of sp³-hybridized carbons (Fsp3) is 0.304. The molecule has 1 aromatic heterocycles. The van der Waals surface area contributed by atoms with E-state index in [1.165, 1.54) is 6.26 Å². The molecule has 8 heteroatoms. The molecule has 0 atom stereocenters. The summed E-state index contributed by atoms with van der Waals surface area (Å²) in [5.41, 5.74) is 4.00. The van der Waals surface area contributed by atoms with Crippen LogP contribution in [0.5, 0.6) is 5.88 Å². The minimum absolute atomic E-state index is 0.250. The van der Waals surface area contributed by atoms with Gasteiger partial charge in [-0.05, 0) is 68.1 Å². The van der Waals surface area contributed by atoms with Gasteiger partial charge in [0.1, 0.15) is 12.2 Å². The number of ether oxygens (including phenoxy) is 1. The number of nitrogens with zero attached hydrogens (tertiary/aromatic N) is 2. The second-order valence-corrected chi connectivity index (χ2v) is 10.1. The monoisotopic (exact) mass is 460 g/mol. The molecule has 0 aliphatic rings. The van der Waals surface area contributed by atoms with E-state index in [-0.39, 0.29) is 17.3 Å². The molecule has 2 aromatic carbocycles. The topological polar surface area (TPSA) is 78.3 Å². The van der Waals surface area contributed by atoms with E-state index in [2.05, 4.69) is 5.10 Å². The molecule has 1 heterocycles. The maximum Gasteiger partial charge on any atom is 0.223 e. The summed E-state index contributed by atoms with van der Waals surface area (Å²) in [7, 11) is -1.69. The highest BCUT2D eigenvalue weighted by Gasteiger charge is 2.27. The summed E-state index contributed by atoms with van der Waals surface area (Å²) in [6.07, 6.45) is 1.18. The average molecular weight is 461 g/mol. The first-order valence-corrected chi connectivity index (χ1v) is 11.9. The van der Waals surface area contributed by atoms with E-state index in [4.69, 9.17) is 16.3 Å². The summed E-state index contributed by atoms with van der Waals surface area (Å²) in [6, 6.07) is 8.90. The quantitative estimate of drug-likeness (QED) is 0.505. The molecule has 0 spiro atoms. The zero-order valence-corrected chi connectivity index (χ0v) is 20.0. The summed E-state index contributed by atoms with van der Waals surface area (Å²) in [6.45, 7) is 7.19. The SMILES string of the molecule is Cc1cc(C(=O)c2c(C)nn(C)c2OCc2ccc(Cl)cc2)c(C)c(C)c1S(C)(=O)=O. The van der Waals surface area contributed by atoms with Gasteiger partial charge in [-0.2, -0.15) is 5.10 Å². The van der Waals surface area contributed by atoms with Crippen molar-refractivity contribution in [1.82, 2.24) is 9.78 Å². The van der Waals surface area contributed by atoms with Gasteiger partial charge >= 0.3 is 0 Å². The summed E-state index contributed by atoms with van der Waals surface area (Å²) >= 11 is 5.93. The van der Waals surface area contributed by atoms with E-state index >= 15 is 0 Å². The molecule has 3 aromatic rings. The van der Waals surface area contributed by atoms with Crippen LogP contribution < -0.4 is 4.74 Å². The van der Waals surface area contributed by atoms with Crippen LogP contribution in [0.4, 0.5) is 0 Å². The largest absolute Gasteiger partial charge is 0.472 e. The zero-order valence-electron chi connectivity index (χ0n) is 18.4. The molecule has 0 saturated carbocycles. The number of aromatic nitrogens is 2. The number of hydrogen-bond acceptors (Lipinski definition) is 5. The minimum Gasteiger partial charge on any atom is -0.472 e. The van der Waals surface area contributed by atoms with Crippen LogP contribution in [0.15, 0.2) is 35.2 Å². The van der Waals surface area contributed by atoms with Crippen LogP contribution in [0.1, 0.15) is 43.9 Å². The molecule has 0 radical (unpaired) electrons. The van der Waals surface area contributed by atoms with Crippen molar-refractivity contribution in [3.05, 3.63) is 74.4 Å². The second kappa shape index (κ2) is 8.48. The second-order valence-electron chi connectivity index (χ2n) is 7.73. The molecule has 0 amide bonds. The molecule has 31 heavy (non-hydrogen) atoms. The van der Waals surface area contributed by atoms with Crippen LogP contribution in [0, 0.1) is 27.7 Å². The molecule has 0 aliphatic carbocycles.